The number of hydrogen-bond acceptors (Lipinski definition) is 0. The molecule has 0 spiro atoms. The predicted molar refractivity (Wildman–Crippen MR) is 115 cm³/mol. The molecule has 0 aliphatic carbocycles. The molecule has 0 amide bonds. The average Bonchev–Trinajstić information content (AvgIpc) is 2.52. The molecule has 0 fully saturated rings. The summed E-state index contributed by atoms with van der Waals surface area (Å²) in [7, 11) is -0.0988. The van der Waals surface area contributed by atoms with Crippen molar-refractivity contribution in [1.29, 1.82) is 0 Å². The van der Waals surface area contributed by atoms with E-state index in [1.54, 1.807) is 0 Å². The lowest BCUT2D eigenvalue weighted by atomic mass is 9.93. The molecule has 1 atom stereocenters. The standard InChI is InChI=1S/C24H35P/c1-19(16-20-12-9-8-10-13-20)22-15-11-14-21(17-22)18-25(23(2,3)4)24(5,6)7/h8-15,17,19H,16,18H2,1-7H3. The Kier molecular flexibility index (Phi) is 6.50. The third-order valence-electron chi connectivity index (χ3n) is 4.86. The van der Waals surface area contributed by atoms with Crippen LogP contribution in [0, 0.1) is 0 Å². The molecule has 25 heavy (non-hydrogen) atoms. The summed E-state index contributed by atoms with van der Waals surface area (Å²) in [6.07, 6.45) is 2.33. The molecule has 0 radical (unpaired) electrons. The van der Waals surface area contributed by atoms with Gasteiger partial charge >= 0.3 is 0 Å². The van der Waals surface area contributed by atoms with Crippen LogP contribution in [-0.2, 0) is 12.6 Å². The lowest BCUT2D eigenvalue weighted by Crippen LogP contribution is -2.25. The Hall–Kier alpha value is -1.13. The van der Waals surface area contributed by atoms with Crippen LogP contribution < -0.4 is 0 Å². The van der Waals surface area contributed by atoms with Gasteiger partial charge in [0.15, 0.2) is 0 Å². The fourth-order valence-corrected chi connectivity index (χ4v) is 7.27. The van der Waals surface area contributed by atoms with E-state index in [4.69, 9.17) is 0 Å². The van der Waals surface area contributed by atoms with Gasteiger partial charge in [-0.25, -0.2) is 0 Å². The summed E-state index contributed by atoms with van der Waals surface area (Å²) in [5, 5.41) is 0.748. The summed E-state index contributed by atoms with van der Waals surface area (Å²) in [4.78, 5) is 0. The molecule has 0 aliphatic heterocycles. The van der Waals surface area contributed by atoms with E-state index in [-0.39, 0.29) is 7.92 Å². The van der Waals surface area contributed by atoms with Crippen molar-refractivity contribution in [2.24, 2.45) is 0 Å². The van der Waals surface area contributed by atoms with Gasteiger partial charge in [0, 0.05) is 0 Å². The van der Waals surface area contributed by atoms with E-state index in [9.17, 15) is 0 Å². The van der Waals surface area contributed by atoms with Gasteiger partial charge in [0.1, 0.15) is 0 Å². The van der Waals surface area contributed by atoms with Gasteiger partial charge in [-0.05, 0) is 45.5 Å². The molecule has 2 aromatic rings. The lowest BCUT2D eigenvalue weighted by molar-refractivity contribution is 0.702. The van der Waals surface area contributed by atoms with Crippen molar-refractivity contribution in [3.8, 4) is 0 Å². The molecule has 0 heterocycles. The molecular formula is C24H35P. The Morgan fingerprint density at radius 3 is 1.88 bits per heavy atom. The summed E-state index contributed by atoms with van der Waals surface area (Å²) in [6.45, 7) is 16.8. The maximum Gasteiger partial charge on any atom is -0.00636 e. The van der Waals surface area contributed by atoms with Crippen molar-refractivity contribution >= 4 is 7.92 Å². The zero-order valence-corrected chi connectivity index (χ0v) is 18.0. The van der Waals surface area contributed by atoms with Crippen LogP contribution in [0.4, 0.5) is 0 Å². The first-order valence-electron chi connectivity index (χ1n) is 9.48. The topological polar surface area (TPSA) is 0 Å². The van der Waals surface area contributed by atoms with Crippen molar-refractivity contribution in [3.63, 3.8) is 0 Å². The molecular weight excluding hydrogens is 319 g/mol. The van der Waals surface area contributed by atoms with E-state index in [1.807, 2.05) is 0 Å². The minimum Gasteiger partial charge on any atom is -0.0911 e. The molecule has 0 saturated heterocycles. The van der Waals surface area contributed by atoms with E-state index < -0.39 is 0 Å². The zero-order valence-electron chi connectivity index (χ0n) is 17.1. The molecule has 2 rings (SSSR count). The van der Waals surface area contributed by atoms with Gasteiger partial charge in [-0.3, -0.25) is 0 Å². The molecule has 0 nitrogen and oxygen atoms in total. The van der Waals surface area contributed by atoms with Gasteiger partial charge in [0.05, 0.1) is 0 Å². The molecule has 2 aromatic carbocycles. The molecule has 0 aromatic heterocycles. The van der Waals surface area contributed by atoms with Crippen LogP contribution in [0.3, 0.4) is 0 Å². The maximum atomic E-state index is 2.46. The van der Waals surface area contributed by atoms with Gasteiger partial charge in [-0.15, -0.1) is 0 Å². The largest absolute Gasteiger partial charge is 0.0911 e. The summed E-state index contributed by atoms with van der Waals surface area (Å²) in [5.41, 5.74) is 4.40. The van der Waals surface area contributed by atoms with Gasteiger partial charge in [0.2, 0.25) is 0 Å². The van der Waals surface area contributed by atoms with Crippen molar-refractivity contribution in [2.45, 2.75) is 77.3 Å². The monoisotopic (exact) mass is 354 g/mol. The van der Waals surface area contributed by atoms with Crippen molar-refractivity contribution in [1.82, 2.24) is 0 Å². The molecule has 0 N–H and O–H groups in total. The fourth-order valence-electron chi connectivity index (χ4n) is 3.75. The highest BCUT2D eigenvalue weighted by Gasteiger charge is 2.34. The Bertz CT molecular complexity index is 644. The van der Waals surface area contributed by atoms with Gasteiger partial charge in [0.25, 0.3) is 0 Å². The minimum absolute atomic E-state index is 0.0988. The predicted octanol–water partition coefficient (Wildman–Crippen LogP) is 7.61. The quantitative estimate of drug-likeness (QED) is 0.485. The Labute approximate surface area is 156 Å². The van der Waals surface area contributed by atoms with E-state index >= 15 is 0 Å². The third-order valence-corrected chi connectivity index (χ3v) is 8.79. The third kappa shape index (κ3) is 5.96. The van der Waals surface area contributed by atoms with Crippen molar-refractivity contribution in [3.05, 3.63) is 71.3 Å². The Balaban J connectivity index is 2.17. The first-order chi connectivity index (χ1) is 11.6. The lowest BCUT2D eigenvalue weighted by Gasteiger charge is -2.41. The second-order valence-electron chi connectivity index (χ2n) is 9.26. The summed E-state index contributed by atoms with van der Waals surface area (Å²) in [6, 6.07) is 20.2. The van der Waals surface area contributed by atoms with Gasteiger partial charge in [-0.2, -0.15) is 0 Å². The highest BCUT2D eigenvalue weighted by atomic mass is 31.1. The molecule has 1 heteroatoms. The van der Waals surface area contributed by atoms with Crippen molar-refractivity contribution in [2.75, 3.05) is 0 Å². The van der Waals surface area contributed by atoms with E-state index in [0.717, 1.165) is 6.42 Å². The van der Waals surface area contributed by atoms with E-state index in [2.05, 4.69) is 103 Å². The highest BCUT2D eigenvalue weighted by molar-refractivity contribution is 7.60. The van der Waals surface area contributed by atoms with Crippen LogP contribution in [0.15, 0.2) is 54.6 Å². The molecule has 136 valence electrons. The summed E-state index contributed by atoms with van der Waals surface area (Å²) >= 11 is 0. The Morgan fingerprint density at radius 2 is 1.32 bits per heavy atom. The second-order valence-corrected chi connectivity index (χ2v) is 13.1. The van der Waals surface area contributed by atoms with Crippen LogP contribution in [0.2, 0.25) is 0 Å². The fraction of sp³-hybridized carbons (Fsp3) is 0.500. The number of benzene rings is 2. The molecule has 0 aliphatic rings. The molecule has 0 saturated carbocycles. The summed E-state index contributed by atoms with van der Waals surface area (Å²) in [5.74, 6) is 0.554. The van der Waals surface area contributed by atoms with Crippen LogP contribution in [0.1, 0.15) is 71.1 Å². The normalized spacial score (nSPS) is 13.9. The molecule has 1 unspecified atom stereocenters. The number of rotatable bonds is 5. The molecule has 0 bridgehead atoms. The minimum atomic E-state index is -0.0988. The van der Waals surface area contributed by atoms with Crippen LogP contribution >= 0.6 is 7.92 Å². The maximum absolute atomic E-state index is 2.46. The zero-order chi connectivity index (χ0) is 18.7. The van der Waals surface area contributed by atoms with Crippen LogP contribution in [0.25, 0.3) is 0 Å². The second kappa shape index (κ2) is 8.05. The highest BCUT2D eigenvalue weighted by Crippen LogP contribution is 2.61. The Morgan fingerprint density at radius 1 is 0.760 bits per heavy atom. The number of hydrogen-bond donors (Lipinski definition) is 0. The SMILES string of the molecule is CC(Cc1ccccc1)c1cccc(CP(C(C)(C)C)C(C)(C)C)c1. The average molecular weight is 355 g/mol. The smallest absolute Gasteiger partial charge is 0.00636 e. The summed E-state index contributed by atoms with van der Waals surface area (Å²) < 4.78 is 0. The van der Waals surface area contributed by atoms with E-state index in [1.165, 1.54) is 22.9 Å². The van der Waals surface area contributed by atoms with Gasteiger partial charge in [-0.1, -0.05) is 111 Å². The van der Waals surface area contributed by atoms with Crippen LogP contribution in [0.5, 0.6) is 0 Å². The first-order valence-corrected chi connectivity index (χ1v) is 11.0. The first kappa shape index (κ1) is 20.2. The van der Waals surface area contributed by atoms with Gasteiger partial charge < -0.3 is 0 Å². The van der Waals surface area contributed by atoms with Crippen molar-refractivity contribution < 1.29 is 0 Å². The van der Waals surface area contributed by atoms with E-state index in [0.29, 0.717) is 16.2 Å². The van der Waals surface area contributed by atoms with Crippen LogP contribution in [-0.4, -0.2) is 10.3 Å².